The summed E-state index contributed by atoms with van der Waals surface area (Å²) in [4.78, 5) is 26.1. The SMILES string of the molecule is CCCCCC(C)NC(=O)N1CCN(c2ccc(C(F)(F)F)cc2[N+](=O)[O-])CC1. The first-order chi connectivity index (χ1) is 13.6. The molecule has 10 heteroatoms. The Morgan fingerprint density at radius 2 is 1.90 bits per heavy atom. The Morgan fingerprint density at radius 3 is 2.45 bits per heavy atom. The van der Waals surface area contributed by atoms with Gasteiger partial charge in [-0.1, -0.05) is 26.2 Å². The Bertz CT molecular complexity index is 719. The molecule has 0 radical (unpaired) electrons. The molecule has 0 saturated carbocycles. The smallest absolute Gasteiger partial charge is 0.362 e. The zero-order valence-electron chi connectivity index (χ0n) is 16.7. The van der Waals surface area contributed by atoms with Crippen LogP contribution in [0.25, 0.3) is 0 Å². The summed E-state index contributed by atoms with van der Waals surface area (Å²) in [7, 11) is 0. The minimum atomic E-state index is -4.64. The van der Waals surface area contributed by atoms with Gasteiger partial charge in [0.1, 0.15) is 5.69 Å². The van der Waals surface area contributed by atoms with Crippen LogP contribution in [0.4, 0.5) is 29.3 Å². The van der Waals surface area contributed by atoms with Crippen LogP contribution in [0, 0.1) is 10.1 Å². The van der Waals surface area contributed by atoms with Crippen molar-refractivity contribution in [2.75, 3.05) is 31.1 Å². The van der Waals surface area contributed by atoms with Crippen LogP contribution in [0.2, 0.25) is 0 Å². The van der Waals surface area contributed by atoms with Crippen LogP contribution in [0.15, 0.2) is 18.2 Å². The summed E-state index contributed by atoms with van der Waals surface area (Å²) >= 11 is 0. The molecule has 1 saturated heterocycles. The molecule has 29 heavy (non-hydrogen) atoms. The van der Waals surface area contributed by atoms with Crippen molar-refractivity contribution in [2.45, 2.75) is 51.7 Å². The zero-order valence-corrected chi connectivity index (χ0v) is 16.7. The highest BCUT2D eigenvalue weighted by Gasteiger charge is 2.34. The highest BCUT2D eigenvalue weighted by molar-refractivity contribution is 5.75. The highest BCUT2D eigenvalue weighted by atomic mass is 19.4. The van der Waals surface area contributed by atoms with E-state index in [0.717, 1.165) is 37.8 Å². The van der Waals surface area contributed by atoms with Crippen LogP contribution in [0.3, 0.4) is 0 Å². The van der Waals surface area contributed by atoms with Crippen LogP contribution in [-0.4, -0.2) is 48.1 Å². The first-order valence-corrected chi connectivity index (χ1v) is 9.79. The number of hydrogen-bond donors (Lipinski definition) is 1. The van der Waals surface area contributed by atoms with E-state index in [1.54, 1.807) is 9.80 Å². The predicted octanol–water partition coefficient (Wildman–Crippen LogP) is 4.41. The molecule has 1 N–H and O–H groups in total. The second kappa shape index (κ2) is 9.80. The third-order valence-corrected chi connectivity index (χ3v) is 5.02. The lowest BCUT2D eigenvalue weighted by Crippen LogP contribution is -2.53. The van der Waals surface area contributed by atoms with Crippen molar-refractivity contribution in [3.63, 3.8) is 0 Å². The second-order valence-corrected chi connectivity index (χ2v) is 7.28. The third-order valence-electron chi connectivity index (χ3n) is 5.02. The number of nitrogens with one attached hydrogen (secondary N) is 1. The largest absolute Gasteiger partial charge is 0.416 e. The van der Waals surface area contributed by atoms with Gasteiger partial charge in [-0.25, -0.2) is 4.79 Å². The molecule has 1 atom stereocenters. The zero-order chi connectivity index (χ0) is 21.6. The van der Waals surface area contributed by atoms with Gasteiger partial charge in [0.2, 0.25) is 0 Å². The number of hydrogen-bond acceptors (Lipinski definition) is 4. The van der Waals surface area contributed by atoms with Gasteiger partial charge < -0.3 is 15.1 Å². The molecule has 7 nitrogen and oxygen atoms in total. The number of amides is 2. The van der Waals surface area contributed by atoms with E-state index >= 15 is 0 Å². The van der Waals surface area contributed by atoms with Gasteiger partial charge in [-0.15, -0.1) is 0 Å². The van der Waals surface area contributed by atoms with Crippen molar-refractivity contribution < 1.29 is 22.9 Å². The van der Waals surface area contributed by atoms with E-state index in [-0.39, 0.29) is 17.8 Å². The maximum Gasteiger partial charge on any atom is 0.416 e. The first kappa shape index (κ1) is 22.8. The molecule has 2 rings (SSSR count). The van der Waals surface area contributed by atoms with Gasteiger partial charge in [-0.3, -0.25) is 10.1 Å². The van der Waals surface area contributed by atoms with Gasteiger partial charge in [0, 0.05) is 38.3 Å². The normalized spacial score (nSPS) is 15.9. The van der Waals surface area contributed by atoms with Gasteiger partial charge in [-0.05, 0) is 25.5 Å². The lowest BCUT2D eigenvalue weighted by molar-refractivity contribution is -0.384. The Morgan fingerprint density at radius 1 is 1.24 bits per heavy atom. The van der Waals surface area contributed by atoms with Crippen molar-refractivity contribution in [2.24, 2.45) is 0 Å². The number of nitro benzene ring substituents is 1. The van der Waals surface area contributed by atoms with Crippen LogP contribution in [0.1, 0.15) is 45.1 Å². The monoisotopic (exact) mass is 416 g/mol. The number of carbonyl (C=O) groups is 1. The van der Waals surface area contributed by atoms with E-state index < -0.39 is 22.4 Å². The van der Waals surface area contributed by atoms with Crippen LogP contribution >= 0.6 is 0 Å². The number of alkyl halides is 3. The summed E-state index contributed by atoms with van der Waals surface area (Å²) in [5.41, 5.74) is -1.50. The minimum Gasteiger partial charge on any atom is -0.362 e. The molecule has 0 aliphatic carbocycles. The van der Waals surface area contributed by atoms with Crippen LogP contribution < -0.4 is 10.2 Å². The Kier molecular flexibility index (Phi) is 7.69. The maximum absolute atomic E-state index is 12.9. The van der Waals surface area contributed by atoms with Crippen molar-refractivity contribution >= 4 is 17.4 Å². The molecule has 1 aliphatic rings. The number of halogens is 3. The van der Waals surface area contributed by atoms with Gasteiger partial charge in [0.25, 0.3) is 5.69 Å². The topological polar surface area (TPSA) is 78.7 Å². The molecule has 1 unspecified atom stereocenters. The molecule has 0 bridgehead atoms. The van der Waals surface area contributed by atoms with E-state index in [1.165, 1.54) is 0 Å². The molecular weight excluding hydrogens is 389 g/mol. The molecule has 1 aromatic carbocycles. The fraction of sp³-hybridized carbons (Fsp3) is 0.632. The Hall–Kier alpha value is -2.52. The molecule has 2 amide bonds. The molecule has 1 fully saturated rings. The fourth-order valence-electron chi connectivity index (χ4n) is 3.34. The van der Waals surface area contributed by atoms with E-state index in [9.17, 15) is 28.1 Å². The quantitative estimate of drug-likeness (QED) is 0.406. The van der Waals surface area contributed by atoms with E-state index in [0.29, 0.717) is 32.2 Å². The average molecular weight is 416 g/mol. The number of nitrogens with zero attached hydrogens (tertiary/aromatic N) is 3. The summed E-state index contributed by atoms with van der Waals surface area (Å²) < 4.78 is 38.6. The molecule has 1 aliphatic heterocycles. The highest BCUT2D eigenvalue weighted by Crippen LogP contribution is 2.36. The summed E-state index contributed by atoms with van der Waals surface area (Å²) in [6, 6.07) is 2.41. The van der Waals surface area contributed by atoms with Gasteiger partial charge in [0.05, 0.1) is 10.5 Å². The van der Waals surface area contributed by atoms with E-state index in [1.807, 2.05) is 6.92 Å². The molecule has 1 heterocycles. The Labute approximate surface area is 168 Å². The van der Waals surface area contributed by atoms with Crippen LogP contribution in [-0.2, 0) is 6.18 Å². The number of rotatable bonds is 7. The number of piperazine rings is 1. The molecular formula is C19H27F3N4O3. The minimum absolute atomic E-state index is 0.0584. The standard InChI is InChI=1S/C19H27F3N4O3/c1-3-4-5-6-14(2)23-18(27)25-11-9-24(10-12-25)16-8-7-15(19(20,21)22)13-17(16)26(28)29/h7-8,13-14H,3-6,9-12H2,1-2H3,(H,23,27). The van der Waals surface area contributed by atoms with Crippen molar-refractivity contribution in [1.29, 1.82) is 0 Å². The predicted molar refractivity (Wildman–Crippen MR) is 104 cm³/mol. The van der Waals surface area contributed by atoms with Crippen molar-refractivity contribution in [1.82, 2.24) is 10.2 Å². The number of carbonyl (C=O) groups excluding carboxylic acids is 1. The molecule has 0 aromatic heterocycles. The number of benzene rings is 1. The van der Waals surface area contributed by atoms with Gasteiger partial charge in [0.15, 0.2) is 0 Å². The second-order valence-electron chi connectivity index (χ2n) is 7.28. The van der Waals surface area contributed by atoms with Crippen molar-refractivity contribution in [3.8, 4) is 0 Å². The molecule has 1 aromatic rings. The van der Waals surface area contributed by atoms with Gasteiger partial charge >= 0.3 is 12.2 Å². The third kappa shape index (κ3) is 6.23. The first-order valence-electron chi connectivity index (χ1n) is 9.79. The number of anilines is 1. The summed E-state index contributed by atoms with van der Waals surface area (Å²) in [6.07, 6.45) is -0.474. The fourth-order valence-corrected chi connectivity index (χ4v) is 3.34. The number of urea groups is 1. The summed E-state index contributed by atoms with van der Waals surface area (Å²) in [5.74, 6) is 0. The number of unbranched alkanes of at least 4 members (excludes halogenated alkanes) is 2. The average Bonchev–Trinajstić information content (AvgIpc) is 2.67. The van der Waals surface area contributed by atoms with E-state index in [4.69, 9.17) is 0 Å². The van der Waals surface area contributed by atoms with Crippen LogP contribution in [0.5, 0.6) is 0 Å². The summed E-state index contributed by atoms with van der Waals surface area (Å²) in [6.45, 7) is 5.37. The maximum atomic E-state index is 12.9. The lowest BCUT2D eigenvalue weighted by atomic mass is 10.1. The molecule has 162 valence electrons. The van der Waals surface area contributed by atoms with Crippen molar-refractivity contribution in [3.05, 3.63) is 33.9 Å². The Balaban J connectivity index is 1.98. The summed E-state index contributed by atoms with van der Waals surface area (Å²) in [5, 5.41) is 14.2. The van der Waals surface area contributed by atoms with E-state index in [2.05, 4.69) is 12.2 Å². The van der Waals surface area contributed by atoms with Gasteiger partial charge in [-0.2, -0.15) is 13.2 Å². The number of nitro groups is 1. The molecule has 0 spiro atoms. The lowest BCUT2D eigenvalue weighted by Gasteiger charge is -2.36.